The number of phenolic OH excluding ortho intramolecular Hbond substituents is 1. The number of hydrogen-bond donors (Lipinski definition) is 1. The molecule has 0 saturated heterocycles. The van der Waals surface area contributed by atoms with Crippen LogP contribution in [0.3, 0.4) is 0 Å². The van der Waals surface area contributed by atoms with Gasteiger partial charge < -0.3 is 10.0 Å². The highest BCUT2D eigenvalue weighted by atomic mass is 79.9. The summed E-state index contributed by atoms with van der Waals surface area (Å²) in [6.45, 7) is 4.49. The first kappa shape index (κ1) is 15.3. The van der Waals surface area contributed by atoms with Gasteiger partial charge in [0.2, 0.25) is 0 Å². The van der Waals surface area contributed by atoms with Gasteiger partial charge in [0.25, 0.3) is 5.91 Å². The Balaban J connectivity index is 2.94. The molecule has 1 aromatic carbocycles. The van der Waals surface area contributed by atoms with Crippen molar-refractivity contribution in [2.75, 3.05) is 12.4 Å². The predicted octanol–water partition coefficient (Wildman–Crippen LogP) is 3.63. The Bertz CT molecular complexity index is 423. The van der Waals surface area contributed by atoms with E-state index in [1.165, 1.54) is 6.07 Å². The molecule has 0 unspecified atom stereocenters. The fourth-order valence-corrected chi connectivity index (χ4v) is 2.13. The third-order valence-corrected chi connectivity index (χ3v) is 3.37. The van der Waals surface area contributed by atoms with Crippen molar-refractivity contribution in [1.82, 2.24) is 4.90 Å². The molecule has 0 aliphatic carbocycles. The fraction of sp³-hybridized carbons (Fsp3) is 0.462. The fourth-order valence-electron chi connectivity index (χ4n) is 1.66. The molecule has 0 fully saturated rings. The number of hydrogen-bond acceptors (Lipinski definition) is 2. The standard InChI is InChI=1S/C13H17BrClNO2/c1-9(2)16(7-3-6-15)13(18)11-5-4-10(14)8-12(11)17/h4-5,8-9,17H,3,6-7H2,1-2H3. The minimum absolute atomic E-state index is 0.00843. The number of nitrogens with zero attached hydrogens (tertiary/aromatic N) is 1. The molecule has 100 valence electrons. The predicted molar refractivity (Wildman–Crippen MR) is 77.3 cm³/mol. The third-order valence-electron chi connectivity index (χ3n) is 2.61. The average Bonchev–Trinajstić information content (AvgIpc) is 2.28. The highest BCUT2D eigenvalue weighted by Gasteiger charge is 2.20. The van der Waals surface area contributed by atoms with Gasteiger partial charge in [0.05, 0.1) is 5.56 Å². The molecule has 5 heteroatoms. The van der Waals surface area contributed by atoms with Gasteiger partial charge in [-0.05, 0) is 38.5 Å². The topological polar surface area (TPSA) is 40.5 Å². The third kappa shape index (κ3) is 3.89. The van der Waals surface area contributed by atoms with Crippen molar-refractivity contribution in [2.45, 2.75) is 26.3 Å². The van der Waals surface area contributed by atoms with Gasteiger partial charge in [0, 0.05) is 22.9 Å². The lowest BCUT2D eigenvalue weighted by atomic mass is 10.1. The van der Waals surface area contributed by atoms with Gasteiger partial charge in [-0.3, -0.25) is 4.79 Å². The van der Waals surface area contributed by atoms with Gasteiger partial charge in [-0.1, -0.05) is 15.9 Å². The van der Waals surface area contributed by atoms with E-state index in [0.29, 0.717) is 18.0 Å². The van der Waals surface area contributed by atoms with Gasteiger partial charge >= 0.3 is 0 Å². The van der Waals surface area contributed by atoms with Crippen LogP contribution >= 0.6 is 27.5 Å². The highest BCUT2D eigenvalue weighted by molar-refractivity contribution is 9.10. The van der Waals surface area contributed by atoms with Crippen molar-refractivity contribution in [3.8, 4) is 5.75 Å². The Kier molecular flexibility index (Phi) is 5.96. The second-order valence-electron chi connectivity index (χ2n) is 4.30. The Morgan fingerprint density at radius 1 is 1.50 bits per heavy atom. The van der Waals surface area contributed by atoms with Crippen LogP contribution in [0.15, 0.2) is 22.7 Å². The summed E-state index contributed by atoms with van der Waals surface area (Å²) in [5.41, 5.74) is 0.321. The molecule has 1 N–H and O–H groups in total. The second-order valence-corrected chi connectivity index (χ2v) is 5.59. The summed E-state index contributed by atoms with van der Waals surface area (Å²) >= 11 is 8.91. The zero-order valence-electron chi connectivity index (χ0n) is 10.5. The second kappa shape index (κ2) is 7.00. The van der Waals surface area contributed by atoms with E-state index < -0.39 is 0 Å². The van der Waals surface area contributed by atoms with Crippen molar-refractivity contribution < 1.29 is 9.90 Å². The number of benzene rings is 1. The van der Waals surface area contributed by atoms with E-state index in [9.17, 15) is 9.90 Å². The molecule has 0 aromatic heterocycles. The molecular weight excluding hydrogens is 318 g/mol. The van der Waals surface area contributed by atoms with Gasteiger partial charge in [0.15, 0.2) is 0 Å². The molecule has 0 atom stereocenters. The number of aromatic hydroxyl groups is 1. The Labute approximate surface area is 121 Å². The van der Waals surface area contributed by atoms with Crippen LogP contribution in [-0.2, 0) is 0 Å². The van der Waals surface area contributed by atoms with Crippen molar-refractivity contribution in [2.24, 2.45) is 0 Å². The molecule has 1 amide bonds. The Morgan fingerprint density at radius 2 is 2.17 bits per heavy atom. The number of carbonyl (C=O) groups excluding carboxylic acids is 1. The van der Waals surface area contributed by atoms with Gasteiger partial charge in [-0.2, -0.15) is 0 Å². The number of halogens is 2. The normalized spacial score (nSPS) is 10.7. The lowest BCUT2D eigenvalue weighted by molar-refractivity contribution is 0.0703. The summed E-state index contributed by atoms with van der Waals surface area (Å²) < 4.78 is 0.744. The summed E-state index contributed by atoms with van der Waals surface area (Å²) in [5.74, 6) is 0.342. The van der Waals surface area contributed by atoms with E-state index in [2.05, 4.69) is 15.9 Å². The molecule has 0 aliphatic heterocycles. The molecule has 3 nitrogen and oxygen atoms in total. The molecule has 0 spiro atoms. The van der Waals surface area contributed by atoms with E-state index in [1.807, 2.05) is 13.8 Å². The Morgan fingerprint density at radius 3 is 2.67 bits per heavy atom. The van der Waals surface area contributed by atoms with Crippen LogP contribution in [-0.4, -0.2) is 34.4 Å². The van der Waals surface area contributed by atoms with E-state index >= 15 is 0 Å². The molecular formula is C13H17BrClNO2. The molecule has 18 heavy (non-hydrogen) atoms. The van der Waals surface area contributed by atoms with Crippen molar-refractivity contribution in [1.29, 1.82) is 0 Å². The SMILES string of the molecule is CC(C)N(CCCCl)C(=O)c1ccc(Br)cc1O. The molecule has 1 aromatic rings. The molecule has 0 bridgehead atoms. The van der Waals surface area contributed by atoms with Crippen LogP contribution in [0, 0.1) is 0 Å². The van der Waals surface area contributed by atoms with Crippen molar-refractivity contribution in [3.05, 3.63) is 28.2 Å². The lowest BCUT2D eigenvalue weighted by Crippen LogP contribution is -2.37. The summed E-state index contributed by atoms with van der Waals surface area (Å²) in [5, 5.41) is 9.81. The minimum atomic E-state index is -0.167. The monoisotopic (exact) mass is 333 g/mol. The van der Waals surface area contributed by atoms with E-state index in [4.69, 9.17) is 11.6 Å². The average molecular weight is 335 g/mol. The number of amides is 1. The first-order valence-electron chi connectivity index (χ1n) is 5.82. The van der Waals surface area contributed by atoms with Crippen LogP contribution in [0.4, 0.5) is 0 Å². The lowest BCUT2D eigenvalue weighted by Gasteiger charge is -2.26. The largest absolute Gasteiger partial charge is 0.507 e. The number of carbonyl (C=O) groups is 1. The number of rotatable bonds is 5. The van der Waals surface area contributed by atoms with Gasteiger partial charge in [0.1, 0.15) is 5.75 Å². The van der Waals surface area contributed by atoms with Gasteiger partial charge in [-0.25, -0.2) is 0 Å². The maximum atomic E-state index is 12.3. The van der Waals surface area contributed by atoms with Crippen molar-refractivity contribution in [3.63, 3.8) is 0 Å². The molecule has 0 heterocycles. The maximum Gasteiger partial charge on any atom is 0.257 e. The smallest absolute Gasteiger partial charge is 0.257 e. The molecule has 1 rings (SSSR count). The Hall–Kier alpha value is -0.740. The first-order chi connectivity index (χ1) is 8.47. The van der Waals surface area contributed by atoms with Crippen LogP contribution in [0.1, 0.15) is 30.6 Å². The molecule has 0 aliphatic rings. The minimum Gasteiger partial charge on any atom is -0.507 e. The summed E-state index contributed by atoms with van der Waals surface area (Å²) in [7, 11) is 0. The summed E-state index contributed by atoms with van der Waals surface area (Å²) in [6.07, 6.45) is 0.739. The van der Waals surface area contributed by atoms with Crippen LogP contribution in [0.2, 0.25) is 0 Å². The zero-order valence-corrected chi connectivity index (χ0v) is 12.8. The quantitative estimate of drug-likeness (QED) is 0.835. The summed E-state index contributed by atoms with van der Waals surface area (Å²) in [6, 6.07) is 4.96. The number of phenols is 1. The van der Waals surface area contributed by atoms with Crippen molar-refractivity contribution >= 4 is 33.4 Å². The van der Waals surface area contributed by atoms with E-state index in [0.717, 1.165) is 10.9 Å². The van der Waals surface area contributed by atoms with Crippen LogP contribution < -0.4 is 0 Å². The molecule has 0 saturated carbocycles. The summed E-state index contributed by atoms with van der Waals surface area (Å²) in [4.78, 5) is 14.0. The van der Waals surface area contributed by atoms with Crippen LogP contribution in [0.25, 0.3) is 0 Å². The maximum absolute atomic E-state index is 12.3. The van der Waals surface area contributed by atoms with Crippen LogP contribution in [0.5, 0.6) is 5.75 Å². The zero-order chi connectivity index (χ0) is 13.7. The van der Waals surface area contributed by atoms with Gasteiger partial charge in [-0.15, -0.1) is 11.6 Å². The number of alkyl halides is 1. The first-order valence-corrected chi connectivity index (χ1v) is 7.15. The molecule has 0 radical (unpaired) electrons. The van der Waals surface area contributed by atoms with E-state index in [-0.39, 0.29) is 17.7 Å². The highest BCUT2D eigenvalue weighted by Crippen LogP contribution is 2.24. The van der Waals surface area contributed by atoms with E-state index in [1.54, 1.807) is 17.0 Å².